The average Bonchev–Trinajstić information content (AvgIpc) is 3.00. The Morgan fingerprint density at radius 3 is 2.80 bits per heavy atom. The lowest BCUT2D eigenvalue weighted by molar-refractivity contribution is -0.116. The molecule has 25 heavy (non-hydrogen) atoms. The van der Waals surface area contributed by atoms with Gasteiger partial charge in [-0.1, -0.05) is 5.16 Å². The molecule has 1 amide bonds. The predicted molar refractivity (Wildman–Crippen MR) is 87.7 cm³/mol. The van der Waals surface area contributed by atoms with E-state index in [1.54, 1.807) is 6.92 Å². The van der Waals surface area contributed by atoms with E-state index in [9.17, 15) is 14.4 Å². The van der Waals surface area contributed by atoms with Gasteiger partial charge in [0.25, 0.3) is 5.56 Å². The number of pyridine rings is 1. The summed E-state index contributed by atoms with van der Waals surface area (Å²) in [5.74, 6) is 0.402. The summed E-state index contributed by atoms with van der Waals surface area (Å²) in [6.45, 7) is 1.19. The first kappa shape index (κ1) is 16.4. The molecule has 0 saturated heterocycles. The Labute approximate surface area is 140 Å². The van der Waals surface area contributed by atoms with Gasteiger partial charge in [-0.3, -0.25) is 14.2 Å². The van der Waals surface area contributed by atoms with Crippen molar-refractivity contribution in [3.05, 3.63) is 44.9 Å². The molecule has 0 aromatic carbocycles. The number of nitrogens with zero attached hydrogens (tertiary/aromatic N) is 4. The van der Waals surface area contributed by atoms with E-state index in [1.807, 2.05) is 0 Å². The molecule has 0 fully saturated rings. The normalized spacial score (nSPS) is 10.8. The summed E-state index contributed by atoms with van der Waals surface area (Å²) in [5.41, 5.74) is -1.14. The monoisotopic (exact) mass is 345 g/mol. The average molecular weight is 345 g/mol. The number of carbonyl (C=O) groups excluding carboxylic acids is 1. The zero-order valence-corrected chi connectivity index (χ0v) is 13.8. The first-order valence-electron chi connectivity index (χ1n) is 7.28. The molecule has 0 saturated carbocycles. The Kier molecular flexibility index (Phi) is 4.09. The van der Waals surface area contributed by atoms with E-state index >= 15 is 0 Å². The molecule has 3 aromatic heterocycles. The standard InChI is InChI=1S/C15H15N5O5/c1-8-6-10(18-25-8)17-11(21)7-20-14(22)12-9(24-3)4-5-16-13(12)19(2)15(20)23/h4-6H,7H2,1-3H3,(H,17,18,21). The number of methoxy groups -OCH3 is 1. The quantitative estimate of drug-likeness (QED) is 0.708. The summed E-state index contributed by atoms with van der Waals surface area (Å²) in [5, 5.41) is 6.22. The molecule has 10 nitrogen and oxygen atoms in total. The third-order valence-corrected chi connectivity index (χ3v) is 3.60. The van der Waals surface area contributed by atoms with E-state index in [2.05, 4.69) is 15.5 Å². The molecule has 0 aliphatic heterocycles. The Morgan fingerprint density at radius 2 is 2.16 bits per heavy atom. The van der Waals surface area contributed by atoms with Gasteiger partial charge in [0.1, 0.15) is 23.4 Å². The number of amides is 1. The molecule has 1 N–H and O–H groups in total. The summed E-state index contributed by atoms with van der Waals surface area (Å²) < 4.78 is 12.0. The number of rotatable bonds is 4. The SMILES string of the molecule is COc1ccnc2c1c(=O)n(CC(=O)Nc1cc(C)on1)c(=O)n2C. The fraction of sp³-hybridized carbons (Fsp3) is 0.267. The summed E-state index contributed by atoms with van der Waals surface area (Å²) >= 11 is 0. The number of carbonyl (C=O) groups is 1. The van der Waals surface area contributed by atoms with Crippen LogP contribution in [0.25, 0.3) is 11.0 Å². The van der Waals surface area contributed by atoms with Crippen molar-refractivity contribution in [1.29, 1.82) is 0 Å². The van der Waals surface area contributed by atoms with Gasteiger partial charge in [0, 0.05) is 19.3 Å². The van der Waals surface area contributed by atoms with E-state index in [0.29, 0.717) is 5.76 Å². The molecule has 0 atom stereocenters. The molecule has 10 heteroatoms. The lowest BCUT2D eigenvalue weighted by Gasteiger charge is -2.11. The molecule has 0 aliphatic rings. The highest BCUT2D eigenvalue weighted by atomic mass is 16.5. The van der Waals surface area contributed by atoms with Crippen LogP contribution in [0, 0.1) is 6.92 Å². The van der Waals surface area contributed by atoms with Crippen molar-refractivity contribution in [2.24, 2.45) is 7.05 Å². The first-order valence-corrected chi connectivity index (χ1v) is 7.28. The van der Waals surface area contributed by atoms with Gasteiger partial charge in [-0.15, -0.1) is 0 Å². The Hall–Kier alpha value is -3.43. The highest BCUT2D eigenvalue weighted by molar-refractivity contribution is 5.90. The fourth-order valence-corrected chi connectivity index (χ4v) is 2.44. The van der Waals surface area contributed by atoms with Crippen LogP contribution in [-0.2, 0) is 18.4 Å². The summed E-state index contributed by atoms with van der Waals surface area (Å²) in [4.78, 5) is 41.3. The third kappa shape index (κ3) is 2.89. The van der Waals surface area contributed by atoms with Gasteiger partial charge in [-0.25, -0.2) is 14.3 Å². The van der Waals surface area contributed by atoms with E-state index in [4.69, 9.17) is 9.26 Å². The van der Waals surface area contributed by atoms with Crippen LogP contribution in [-0.4, -0.2) is 32.3 Å². The molecule has 3 aromatic rings. The predicted octanol–water partition coefficient (Wildman–Crippen LogP) is 0.0389. The molecule has 3 heterocycles. The molecule has 0 bridgehead atoms. The van der Waals surface area contributed by atoms with Crippen LogP contribution in [0.1, 0.15) is 5.76 Å². The summed E-state index contributed by atoms with van der Waals surface area (Å²) in [6.07, 6.45) is 1.43. The Bertz CT molecular complexity index is 1080. The molecular formula is C15H15N5O5. The summed E-state index contributed by atoms with van der Waals surface area (Å²) in [6, 6.07) is 3.03. The largest absolute Gasteiger partial charge is 0.496 e. The van der Waals surface area contributed by atoms with Crippen molar-refractivity contribution in [1.82, 2.24) is 19.3 Å². The second-order valence-electron chi connectivity index (χ2n) is 5.32. The van der Waals surface area contributed by atoms with Gasteiger partial charge in [0.05, 0.1) is 7.11 Å². The molecule has 0 radical (unpaired) electrons. The molecule has 0 aliphatic carbocycles. The summed E-state index contributed by atoms with van der Waals surface area (Å²) in [7, 11) is 2.87. The highest BCUT2D eigenvalue weighted by Gasteiger charge is 2.18. The smallest absolute Gasteiger partial charge is 0.332 e. The maximum absolute atomic E-state index is 12.7. The molecule has 0 unspecified atom stereocenters. The molecule has 130 valence electrons. The van der Waals surface area contributed by atoms with Crippen LogP contribution in [0.4, 0.5) is 5.82 Å². The first-order chi connectivity index (χ1) is 11.9. The minimum atomic E-state index is -0.662. The van der Waals surface area contributed by atoms with Crippen LogP contribution in [0.15, 0.2) is 32.4 Å². The third-order valence-electron chi connectivity index (χ3n) is 3.60. The number of nitrogens with one attached hydrogen (secondary N) is 1. The molecular weight excluding hydrogens is 330 g/mol. The van der Waals surface area contributed by atoms with Gasteiger partial charge in [0.2, 0.25) is 5.91 Å². The number of anilines is 1. The van der Waals surface area contributed by atoms with Crippen molar-refractivity contribution in [2.45, 2.75) is 13.5 Å². The zero-order valence-electron chi connectivity index (χ0n) is 13.8. The van der Waals surface area contributed by atoms with Crippen LogP contribution < -0.4 is 21.3 Å². The van der Waals surface area contributed by atoms with E-state index in [1.165, 1.54) is 37.1 Å². The number of aromatic nitrogens is 4. The highest BCUT2D eigenvalue weighted by Crippen LogP contribution is 2.18. The van der Waals surface area contributed by atoms with Crippen LogP contribution in [0.5, 0.6) is 5.75 Å². The van der Waals surface area contributed by atoms with Crippen LogP contribution >= 0.6 is 0 Å². The van der Waals surface area contributed by atoms with E-state index in [0.717, 1.165) is 4.57 Å². The van der Waals surface area contributed by atoms with Crippen molar-refractivity contribution >= 4 is 22.8 Å². The van der Waals surface area contributed by atoms with E-state index < -0.39 is 23.7 Å². The van der Waals surface area contributed by atoms with Crippen LogP contribution in [0.3, 0.4) is 0 Å². The van der Waals surface area contributed by atoms with Crippen molar-refractivity contribution < 1.29 is 14.1 Å². The van der Waals surface area contributed by atoms with Gasteiger partial charge in [-0.2, -0.15) is 0 Å². The number of fused-ring (bicyclic) bond motifs is 1. The van der Waals surface area contributed by atoms with E-state index in [-0.39, 0.29) is 22.6 Å². The Morgan fingerprint density at radius 1 is 1.40 bits per heavy atom. The number of ether oxygens (including phenoxy) is 1. The topological polar surface area (TPSA) is 121 Å². The number of aryl methyl sites for hydroxylation is 2. The lowest BCUT2D eigenvalue weighted by Crippen LogP contribution is -2.42. The maximum Gasteiger partial charge on any atom is 0.332 e. The van der Waals surface area contributed by atoms with Gasteiger partial charge in [0.15, 0.2) is 11.5 Å². The molecule has 3 rings (SSSR count). The lowest BCUT2D eigenvalue weighted by atomic mass is 10.3. The minimum absolute atomic E-state index is 0.122. The van der Waals surface area contributed by atoms with Crippen molar-refractivity contribution in [3.8, 4) is 5.75 Å². The van der Waals surface area contributed by atoms with Gasteiger partial charge >= 0.3 is 5.69 Å². The zero-order chi connectivity index (χ0) is 18.1. The van der Waals surface area contributed by atoms with Crippen LogP contribution in [0.2, 0.25) is 0 Å². The minimum Gasteiger partial charge on any atom is -0.496 e. The van der Waals surface area contributed by atoms with Gasteiger partial charge < -0.3 is 14.6 Å². The van der Waals surface area contributed by atoms with Gasteiger partial charge in [-0.05, 0) is 13.0 Å². The van der Waals surface area contributed by atoms with Crippen molar-refractivity contribution in [3.63, 3.8) is 0 Å². The number of hydrogen-bond acceptors (Lipinski definition) is 7. The Balaban J connectivity index is 2.05. The second-order valence-corrected chi connectivity index (χ2v) is 5.32. The number of hydrogen-bond donors (Lipinski definition) is 1. The molecule has 0 spiro atoms. The van der Waals surface area contributed by atoms with Crippen molar-refractivity contribution in [2.75, 3.05) is 12.4 Å². The fourth-order valence-electron chi connectivity index (χ4n) is 2.44. The maximum atomic E-state index is 12.7. The second kappa shape index (κ2) is 6.23.